The van der Waals surface area contributed by atoms with Crippen LogP contribution in [0.15, 0.2) is 143 Å². The van der Waals surface area contributed by atoms with Gasteiger partial charge in [-0.25, -0.2) is 19.2 Å². The molecule has 0 fully saturated rings. The second kappa shape index (κ2) is 41.9. The first-order valence-corrected chi connectivity index (χ1v) is 33.6. The van der Waals surface area contributed by atoms with Crippen LogP contribution in [0.4, 0.5) is 11.4 Å². The molecule has 0 aliphatic rings. The van der Waals surface area contributed by atoms with Crippen LogP contribution in [-0.2, 0) is 75.9 Å². The normalized spacial score (nSPS) is 12.0. The van der Waals surface area contributed by atoms with Crippen LogP contribution in [0.1, 0.15) is 20.7 Å². The predicted molar refractivity (Wildman–Crippen MR) is 372 cm³/mol. The number of nitrogens with zero attached hydrogens (tertiary/aromatic N) is 2. The van der Waals surface area contributed by atoms with E-state index < -0.39 is 49.3 Å². The number of carbonyl (C=O) groups excluding carboxylic acids is 4. The lowest BCUT2D eigenvalue weighted by Crippen LogP contribution is -2.32. The summed E-state index contributed by atoms with van der Waals surface area (Å²) in [5.74, 6) is -1.96. The van der Waals surface area contributed by atoms with Gasteiger partial charge in [0.2, 0.25) is 0 Å². The van der Waals surface area contributed by atoms with E-state index in [1.807, 2.05) is 74.4 Å². The molecule has 0 saturated heterocycles. The van der Waals surface area contributed by atoms with Gasteiger partial charge in [-0.2, -0.15) is 0 Å². The van der Waals surface area contributed by atoms with Crippen LogP contribution >= 0.6 is 22.7 Å². The summed E-state index contributed by atoms with van der Waals surface area (Å²) >= 11 is 2.99. The average Bonchev–Trinajstić information content (AvgIpc) is 0.788. The molecule has 2 atom stereocenters. The average molecular weight is 1390 g/mol. The Morgan fingerprint density at radius 3 is 0.959 bits per heavy atom. The number of esters is 4. The molecule has 98 heavy (non-hydrogen) atoms. The van der Waals surface area contributed by atoms with Crippen LogP contribution < -0.4 is 30.1 Å². The number of hydrogen-bond acceptors (Lipinski definition) is 26. The molecule has 2 aromatic heterocycles. The van der Waals surface area contributed by atoms with Crippen LogP contribution in [0.2, 0.25) is 0 Å². The summed E-state index contributed by atoms with van der Waals surface area (Å²) < 4.78 is 93.4. The third-order valence-corrected chi connectivity index (χ3v) is 16.7. The van der Waals surface area contributed by atoms with Gasteiger partial charge in [0.15, 0.2) is 36.3 Å². The van der Waals surface area contributed by atoms with E-state index in [9.17, 15) is 28.8 Å². The van der Waals surface area contributed by atoms with Crippen LogP contribution in [0.5, 0.6) is 11.5 Å². The Kier molecular flexibility index (Phi) is 32.3. The maximum absolute atomic E-state index is 13.2. The Labute approximate surface area is 575 Å². The van der Waals surface area contributed by atoms with E-state index in [0.29, 0.717) is 137 Å². The summed E-state index contributed by atoms with van der Waals surface area (Å²) in [7, 11) is 7.58. The Morgan fingerprint density at radius 2 is 0.643 bits per heavy atom. The summed E-state index contributed by atoms with van der Waals surface area (Å²) in [6.45, 7) is 4.35. The summed E-state index contributed by atoms with van der Waals surface area (Å²) in [6.07, 6.45) is -1.90. The lowest BCUT2D eigenvalue weighted by atomic mass is 10.2. The first-order chi connectivity index (χ1) is 47.8. The van der Waals surface area contributed by atoms with E-state index in [2.05, 4.69) is 0 Å². The monoisotopic (exact) mass is 1390 g/mol. The number of fused-ring (bicyclic) bond motifs is 4. The topological polar surface area (TPSA) is 257 Å². The first-order valence-electron chi connectivity index (χ1n) is 32.0. The molecule has 26 heteroatoms. The molecule has 24 nitrogen and oxygen atoms in total. The van der Waals surface area contributed by atoms with E-state index in [1.165, 1.54) is 22.7 Å². The van der Waals surface area contributed by atoms with Crippen LogP contribution in [0.25, 0.3) is 40.3 Å². The molecule has 0 saturated carbocycles. The largest absolute Gasteiger partial charge is 0.482 e. The van der Waals surface area contributed by atoms with Crippen molar-refractivity contribution >= 4 is 98.3 Å². The Bertz CT molecular complexity index is 3640. The minimum absolute atomic E-state index is 0.0833. The minimum Gasteiger partial charge on any atom is -0.482 e. The van der Waals surface area contributed by atoms with Crippen molar-refractivity contribution in [3.05, 3.63) is 165 Å². The van der Waals surface area contributed by atoms with Gasteiger partial charge in [-0.05, 0) is 109 Å². The summed E-state index contributed by atoms with van der Waals surface area (Å²) in [4.78, 5) is 82.1. The van der Waals surface area contributed by atoms with Gasteiger partial charge in [0.1, 0.15) is 24.7 Å². The SMILES string of the molecule is CN(C)c1ccc(C(=O)OCC(COCCOCCOCCOCCOCCOCCOCCOCCOCCOCC(COC(=O)c2ccc(N(C)C)cc2)OC(=O)COc2ccc3sc4ccccc4c(=O)c3c2)OC(=O)COc2ccc3sc4ccccc4c(=O)c3c2)cc1. The van der Waals surface area contributed by atoms with E-state index in [1.54, 1.807) is 97.1 Å². The highest BCUT2D eigenvalue weighted by Crippen LogP contribution is 2.29. The molecule has 0 bridgehead atoms. The predicted octanol–water partition coefficient (Wildman–Crippen LogP) is 8.44. The molecule has 526 valence electrons. The minimum atomic E-state index is -0.951. The van der Waals surface area contributed by atoms with Crippen LogP contribution in [-0.4, -0.2) is 223 Å². The first kappa shape index (κ1) is 75.6. The lowest BCUT2D eigenvalue weighted by Gasteiger charge is -2.19. The lowest BCUT2D eigenvalue weighted by molar-refractivity contribution is -0.158. The second-order valence-electron chi connectivity index (χ2n) is 22.1. The molecule has 2 unspecified atom stereocenters. The fourth-order valence-corrected chi connectivity index (χ4v) is 11.4. The fraction of sp³-hybridized carbons (Fsp3) is 0.417. The van der Waals surface area contributed by atoms with E-state index >= 15 is 0 Å². The zero-order valence-electron chi connectivity index (χ0n) is 55.5. The zero-order chi connectivity index (χ0) is 69.1. The highest BCUT2D eigenvalue weighted by Gasteiger charge is 2.22. The molecule has 0 N–H and O–H groups in total. The van der Waals surface area contributed by atoms with Gasteiger partial charge in [-0.1, -0.05) is 24.3 Å². The molecule has 6 aromatic carbocycles. The van der Waals surface area contributed by atoms with Gasteiger partial charge >= 0.3 is 23.9 Å². The van der Waals surface area contributed by atoms with Crippen LogP contribution in [0.3, 0.4) is 0 Å². The molecular weight excluding hydrogens is 1310 g/mol. The van der Waals surface area contributed by atoms with Crippen molar-refractivity contribution in [3.63, 3.8) is 0 Å². The van der Waals surface area contributed by atoms with E-state index in [-0.39, 0.29) is 63.7 Å². The van der Waals surface area contributed by atoms with Gasteiger partial charge in [0.25, 0.3) is 0 Å². The van der Waals surface area contributed by atoms with Crippen molar-refractivity contribution < 1.29 is 95.0 Å². The fourth-order valence-electron chi connectivity index (χ4n) is 9.30. The van der Waals surface area contributed by atoms with E-state index in [4.69, 9.17) is 75.8 Å². The highest BCUT2D eigenvalue weighted by atomic mass is 32.1. The maximum Gasteiger partial charge on any atom is 0.344 e. The number of carbonyl (C=O) groups is 4. The number of benzene rings is 6. The van der Waals surface area contributed by atoms with Crippen molar-refractivity contribution in [2.24, 2.45) is 0 Å². The second-order valence-corrected chi connectivity index (χ2v) is 24.3. The summed E-state index contributed by atoms with van der Waals surface area (Å²) in [5.41, 5.74) is 2.25. The quantitative estimate of drug-likeness (QED) is 0.0150. The molecule has 0 amide bonds. The van der Waals surface area contributed by atoms with Gasteiger partial charge in [0.05, 0.1) is 143 Å². The van der Waals surface area contributed by atoms with Crippen molar-refractivity contribution in [1.29, 1.82) is 0 Å². The Balaban J connectivity index is 0.591. The van der Waals surface area contributed by atoms with E-state index in [0.717, 1.165) is 30.2 Å². The highest BCUT2D eigenvalue weighted by molar-refractivity contribution is 7.25. The molecule has 0 spiro atoms. The third-order valence-electron chi connectivity index (χ3n) is 14.4. The molecule has 8 rings (SSSR count). The van der Waals surface area contributed by atoms with Crippen LogP contribution in [0, 0.1) is 0 Å². The number of hydrogen-bond donors (Lipinski definition) is 0. The molecule has 0 radical (unpaired) electrons. The summed E-state index contributed by atoms with van der Waals surface area (Å²) in [5, 5.41) is 2.19. The zero-order valence-corrected chi connectivity index (χ0v) is 57.2. The van der Waals surface area contributed by atoms with Crippen molar-refractivity contribution in [1.82, 2.24) is 0 Å². The van der Waals surface area contributed by atoms with Gasteiger partial charge < -0.3 is 85.6 Å². The number of ether oxygens (including phenoxy) is 16. The van der Waals surface area contributed by atoms with Gasteiger partial charge in [-0.3, -0.25) is 9.59 Å². The number of anilines is 2. The Morgan fingerprint density at radius 1 is 0.347 bits per heavy atom. The third kappa shape index (κ3) is 25.6. The van der Waals surface area contributed by atoms with Crippen molar-refractivity contribution in [2.45, 2.75) is 12.2 Å². The van der Waals surface area contributed by atoms with Crippen molar-refractivity contribution in [2.75, 3.05) is 197 Å². The molecule has 8 aromatic rings. The Hall–Kier alpha value is -8.22. The maximum atomic E-state index is 13.2. The van der Waals surface area contributed by atoms with Gasteiger partial charge in [0, 0.05) is 79.9 Å². The molecular formula is C72H84N2O22S2. The van der Waals surface area contributed by atoms with Gasteiger partial charge in [-0.15, -0.1) is 22.7 Å². The molecule has 0 aliphatic heterocycles. The standard InChI is InChI=1S/C72H84N2O22S2/c1-73(2)53-17-13-51(14-18-53)71(79)93-47-57(95-67(75)49-91-55-21-23-65-61(43-55)69(77)59-9-5-7-11-63(59)97-65)45-89-41-39-87-37-35-85-33-31-83-29-27-81-25-26-82-28-30-84-32-34-86-36-38-88-40-42-90-46-58(48-94-72(80)52-15-19-54(20-16-52)74(3)4)96-68(76)50-92-56-22-24-66-62(44-56)70(78)60-10-6-8-12-64(60)98-66/h5-24,43-44,57-58H,25-42,45-50H2,1-4H3. The smallest absolute Gasteiger partial charge is 0.344 e. The number of rotatable bonds is 47. The molecule has 2 heterocycles. The summed E-state index contributed by atoms with van der Waals surface area (Å²) in [6, 6.07) is 38.8. The van der Waals surface area contributed by atoms with Crippen molar-refractivity contribution in [3.8, 4) is 11.5 Å². The molecule has 0 aliphatic carbocycles.